The van der Waals surface area contributed by atoms with Crippen LogP contribution in [-0.2, 0) is 9.59 Å². The van der Waals surface area contributed by atoms with Gasteiger partial charge in [-0.3, -0.25) is 9.59 Å². The van der Waals surface area contributed by atoms with E-state index in [0.717, 1.165) is 0 Å². The normalized spacial score (nSPS) is 14.3. The second-order valence-corrected chi connectivity index (χ2v) is 4.11. The van der Waals surface area contributed by atoms with Crippen molar-refractivity contribution in [1.82, 2.24) is 10.6 Å². The molecule has 0 radical (unpaired) electrons. The van der Waals surface area contributed by atoms with Crippen LogP contribution in [0.1, 0.15) is 27.2 Å². The van der Waals surface area contributed by atoms with Crippen LogP contribution in [0.2, 0.25) is 0 Å². The maximum atomic E-state index is 11.4. The number of likely N-dealkylation sites (N-methyl/N-ethyl adjacent to an activating group) is 1. The molecule has 2 unspecified atom stereocenters. The summed E-state index contributed by atoms with van der Waals surface area (Å²) in [4.78, 5) is 22.4. The van der Waals surface area contributed by atoms with E-state index in [2.05, 4.69) is 26.6 Å². The first-order valence-electron chi connectivity index (χ1n) is 4.75. The number of rotatable bonds is 5. The fourth-order valence-electron chi connectivity index (χ4n) is 0.882. The van der Waals surface area contributed by atoms with E-state index in [1.165, 1.54) is 0 Å². The molecule has 0 saturated heterocycles. The van der Waals surface area contributed by atoms with Crippen molar-refractivity contribution in [2.45, 2.75) is 38.1 Å². The van der Waals surface area contributed by atoms with E-state index in [1.54, 1.807) is 6.92 Å². The molecule has 2 amide bonds. The second kappa shape index (κ2) is 6.81. The van der Waals surface area contributed by atoms with E-state index in [-0.39, 0.29) is 16.6 Å². The third kappa shape index (κ3) is 4.60. The lowest BCUT2D eigenvalue weighted by Gasteiger charge is -2.15. The Morgan fingerprint density at radius 1 is 1.29 bits per heavy atom. The molecule has 82 valence electrons. The molecule has 0 saturated carbocycles. The first-order chi connectivity index (χ1) is 6.52. The Morgan fingerprint density at radius 2 is 1.86 bits per heavy atom. The van der Waals surface area contributed by atoms with Crippen molar-refractivity contribution in [2.24, 2.45) is 0 Å². The average Bonchev–Trinajstić information content (AvgIpc) is 2.16. The molecule has 0 aliphatic heterocycles. The Morgan fingerprint density at radius 3 is 2.29 bits per heavy atom. The molecule has 0 aromatic heterocycles. The number of halogens is 1. The smallest absolute Gasteiger partial charge is 0.242 e. The number of carbonyl (C=O) groups is 2. The van der Waals surface area contributed by atoms with Crippen LogP contribution >= 0.6 is 15.9 Å². The standard InChI is InChI=1S/C9H17BrN2O2/c1-4-7(10)9(14)12-6(3)8(13)11-5-2/h6-7H,4-5H2,1-3H3,(H,11,13)(H,12,14). The summed E-state index contributed by atoms with van der Waals surface area (Å²) in [7, 11) is 0. The molecular weight excluding hydrogens is 248 g/mol. The van der Waals surface area contributed by atoms with Crippen molar-refractivity contribution < 1.29 is 9.59 Å². The highest BCUT2D eigenvalue weighted by Gasteiger charge is 2.18. The average molecular weight is 265 g/mol. The topological polar surface area (TPSA) is 58.2 Å². The minimum atomic E-state index is -0.478. The zero-order valence-corrected chi connectivity index (χ0v) is 10.3. The second-order valence-electron chi connectivity index (χ2n) is 3.00. The third-order valence-electron chi connectivity index (χ3n) is 1.75. The molecule has 4 nitrogen and oxygen atoms in total. The maximum Gasteiger partial charge on any atom is 0.242 e. The fourth-order valence-corrected chi connectivity index (χ4v) is 1.01. The van der Waals surface area contributed by atoms with Crippen LogP contribution in [0.25, 0.3) is 0 Å². The summed E-state index contributed by atoms with van der Waals surface area (Å²) in [5, 5.41) is 5.26. The summed E-state index contributed by atoms with van der Waals surface area (Å²) in [6.07, 6.45) is 0.702. The van der Waals surface area contributed by atoms with Crippen LogP contribution in [0.15, 0.2) is 0 Å². The summed E-state index contributed by atoms with van der Waals surface area (Å²) in [5.74, 6) is -0.303. The molecule has 0 bridgehead atoms. The summed E-state index contributed by atoms with van der Waals surface area (Å²) < 4.78 is 0. The van der Waals surface area contributed by atoms with Gasteiger partial charge in [-0.15, -0.1) is 0 Å². The SMILES string of the molecule is CCNC(=O)C(C)NC(=O)C(Br)CC. The van der Waals surface area contributed by atoms with Gasteiger partial charge in [0.2, 0.25) is 11.8 Å². The van der Waals surface area contributed by atoms with Gasteiger partial charge in [0.05, 0.1) is 4.83 Å². The molecule has 0 rings (SSSR count). The number of amides is 2. The van der Waals surface area contributed by atoms with Crippen LogP contribution in [0.5, 0.6) is 0 Å². The van der Waals surface area contributed by atoms with E-state index in [0.29, 0.717) is 13.0 Å². The van der Waals surface area contributed by atoms with Crippen LogP contribution in [0, 0.1) is 0 Å². The van der Waals surface area contributed by atoms with Gasteiger partial charge < -0.3 is 10.6 Å². The highest BCUT2D eigenvalue weighted by atomic mass is 79.9. The Balaban J connectivity index is 3.99. The molecular formula is C9H17BrN2O2. The lowest BCUT2D eigenvalue weighted by molar-refractivity contribution is -0.128. The van der Waals surface area contributed by atoms with Crippen molar-refractivity contribution >= 4 is 27.7 Å². The van der Waals surface area contributed by atoms with Gasteiger partial charge in [-0.1, -0.05) is 22.9 Å². The van der Waals surface area contributed by atoms with Crippen LogP contribution in [-0.4, -0.2) is 29.2 Å². The zero-order chi connectivity index (χ0) is 11.1. The highest BCUT2D eigenvalue weighted by molar-refractivity contribution is 9.10. The van der Waals surface area contributed by atoms with E-state index in [1.807, 2.05) is 13.8 Å². The van der Waals surface area contributed by atoms with E-state index in [4.69, 9.17) is 0 Å². The summed E-state index contributed by atoms with van der Waals surface area (Å²) in [6, 6.07) is -0.478. The molecule has 0 heterocycles. The quantitative estimate of drug-likeness (QED) is 0.722. The number of hydrogen-bond donors (Lipinski definition) is 2. The minimum Gasteiger partial charge on any atom is -0.355 e. The fraction of sp³-hybridized carbons (Fsp3) is 0.778. The Labute approximate surface area is 92.9 Å². The molecule has 2 atom stereocenters. The van der Waals surface area contributed by atoms with Crippen molar-refractivity contribution in [1.29, 1.82) is 0 Å². The first kappa shape index (κ1) is 13.4. The summed E-state index contributed by atoms with van der Waals surface area (Å²) in [5.41, 5.74) is 0. The largest absolute Gasteiger partial charge is 0.355 e. The minimum absolute atomic E-state index is 0.147. The number of nitrogens with one attached hydrogen (secondary N) is 2. The third-order valence-corrected chi connectivity index (χ3v) is 2.81. The molecule has 0 aliphatic carbocycles. The molecule has 0 aromatic carbocycles. The molecule has 0 spiro atoms. The number of hydrogen-bond acceptors (Lipinski definition) is 2. The molecule has 14 heavy (non-hydrogen) atoms. The molecule has 2 N–H and O–H groups in total. The Bertz CT molecular complexity index is 209. The van der Waals surface area contributed by atoms with Gasteiger partial charge in [-0.05, 0) is 20.3 Å². The van der Waals surface area contributed by atoms with Gasteiger partial charge in [0.25, 0.3) is 0 Å². The van der Waals surface area contributed by atoms with Crippen LogP contribution in [0.4, 0.5) is 0 Å². The van der Waals surface area contributed by atoms with E-state index < -0.39 is 6.04 Å². The molecule has 0 aromatic rings. The molecule has 5 heteroatoms. The lowest BCUT2D eigenvalue weighted by Crippen LogP contribution is -2.46. The first-order valence-corrected chi connectivity index (χ1v) is 5.66. The molecule has 0 aliphatic rings. The van der Waals surface area contributed by atoms with Gasteiger partial charge in [-0.2, -0.15) is 0 Å². The van der Waals surface area contributed by atoms with Crippen LogP contribution in [0.3, 0.4) is 0 Å². The Kier molecular flexibility index (Phi) is 6.53. The van der Waals surface area contributed by atoms with E-state index in [9.17, 15) is 9.59 Å². The number of carbonyl (C=O) groups excluding carboxylic acids is 2. The summed E-state index contributed by atoms with van der Waals surface area (Å²) in [6.45, 7) is 5.98. The Hall–Kier alpha value is -0.580. The van der Waals surface area contributed by atoms with Gasteiger partial charge in [0.1, 0.15) is 6.04 Å². The lowest BCUT2D eigenvalue weighted by atomic mass is 10.2. The monoisotopic (exact) mass is 264 g/mol. The van der Waals surface area contributed by atoms with Crippen LogP contribution < -0.4 is 10.6 Å². The van der Waals surface area contributed by atoms with Gasteiger partial charge in [0.15, 0.2) is 0 Å². The van der Waals surface area contributed by atoms with Crippen molar-refractivity contribution in [3.8, 4) is 0 Å². The van der Waals surface area contributed by atoms with E-state index >= 15 is 0 Å². The van der Waals surface area contributed by atoms with Gasteiger partial charge in [0, 0.05) is 6.54 Å². The number of alkyl halides is 1. The predicted molar refractivity (Wildman–Crippen MR) is 59.3 cm³/mol. The van der Waals surface area contributed by atoms with Gasteiger partial charge >= 0.3 is 0 Å². The van der Waals surface area contributed by atoms with Crippen molar-refractivity contribution in [3.63, 3.8) is 0 Å². The zero-order valence-electron chi connectivity index (χ0n) is 8.76. The van der Waals surface area contributed by atoms with Crippen molar-refractivity contribution in [2.75, 3.05) is 6.54 Å². The summed E-state index contributed by atoms with van der Waals surface area (Å²) >= 11 is 3.22. The predicted octanol–water partition coefficient (Wildman–Crippen LogP) is 0.801. The highest BCUT2D eigenvalue weighted by Crippen LogP contribution is 2.04. The van der Waals surface area contributed by atoms with Gasteiger partial charge in [-0.25, -0.2) is 0 Å². The molecule has 0 fully saturated rings. The van der Waals surface area contributed by atoms with Crippen molar-refractivity contribution in [3.05, 3.63) is 0 Å². The maximum absolute atomic E-state index is 11.4.